The van der Waals surface area contributed by atoms with E-state index in [2.05, 4.69) is 10.6 Å². The average Bonchev–Trinajstić information content (AvgIpc) is 3.02. The zero-order valence-corrected chi connectivity index (χ0v) is 25.6. The average molecular weight is 689 g/mol. The summed E-state index contributed by atoms with van der Waals surface area (Å²) in [7, 11) is 1.20. The Labute approximate surface area is 267 Å². The highest BCUT2D eigenvalue weighted by molar-refractivity contribution is 5.76. The van der Waals surface area contributed by atoms with Crippen LogP contribution in [0.25, 0.3) is 0 Å². The fraction of sp³-hybridized carbons (Fsp3) is 0.885. The van der Waals surface area contributed by atoms with Crippen LogP contribution in [0.5, 0.6) is 0 Å². The van der Waals surface area contributed by atoms with E-state index in [0.29, 0.717) is 0 Å². The molecule has 21 heteroatoms. The summed E-state index contributed by atoms with van der Waals surface area (Å²) in [6.07, 6.45) is -24.7. The molecule has 0 radical (unpaired) electrons. The Hall–Kier alpha value is -2.19. The van der Waals surface area contributed by atoms with E-state index in [1.807, 2.05) is 0 Å². The maximum absolute atomic E-state index is 12.7. The largest absolute Gasteiger partial charge is 0.477 e. The lowest BCUT2D eigenvalue weighted by Gasteiger charge is -2.51. The molecule has 0 bridgehead atoms. The quantitative estimate of drug-likeness (QED) is 0.0854. The molecule has 3 fully saturated rings. The van der Waals surface area contributed by atoms with Crippen molar-refractivity contribution in [2.75, 3.05) is 26.9 Å². The third-order valence-electron chi connectivity index (χ3n) is 8.08. The van der Waals surface area contributed by atoms with E-state index in [0.717, 1.165) is 13.8 Å². The molecule has 0 unspecified atom stereocenters. The molecular formula is C26H44N2O19. The fourth-order valence-electron chi connectivity index (χ4n) is 5.75. The second-order valence-electron chi connectivity index (χ2n) is 11.4. The molecule has 3 saturated heterocycles. The maximum Gasteiger partial charge on any atom is 0.364 e. The van der Waals surface area contributed by atoms with Crippen LogP contribution < -0.4 is 10.6 Å². The van der Waals surface area contributed by atoms with Gasteiger partial charge in [-0.2, -0.15) is 0 Å². The molecular weight excluding hydrogens is 644 g/mol. The molecule has 0 aromatic carbocycles. The molecule has 0 aliphatic carbocycles. The lowest BCUT2D eigenvalue weighted by Crippen LogP contribution is -2.71. The number of hydrogen-bond acceptors (Lipinski definition) is 18. The van der Waals surface area contributed by atoms with Crippen LogP contribution in [0.4, 0.5) is 0 Å². The number of aliphatic hydroxyl groups is 9. The molecule has 47 heavy (non-hydrogen) atoms. The minimum Gasteiger partial charge on any atom is -0.477 e. The van der Waals surface area contributed by atoms with E-state index in [1.165, 1.54) is 7.11 Å². The van der Waals surface area contributed by atoms with Crippen LogP contribution in [0, 0.1) is 0 Å². The third-order valence-corrected chi connectivity index (χ3v) is 8.08. The zero-order chi connectivity index (χ0) is 35.4. The van der Waals surface area contributed by atoms with Crippen molar-refractivity contribution in [2.45, 2.75) is 118 Å². The Kier molecular flexibility index (Phi) is 13.8. The van der Waals surface area contributed by atoms with Crippen LogP contribution in [0.1, 0.15) is 20.3 Å². The Morgan fingerprint density at radius 1 is 0.851 bits per heavy atom. The van der Waals surface area contributed by atoms with Crippen LogP contribution in [-0.2, 0) is 42.8 Å². The molecule has 3 heterocycles. The molecule has 3 aliphatic rings. The van der Waals surface area contributed by atoms with Crippen LogP contribution in [0.15, 0.2) is 0 Å². The van der Waals surface area contributed by atoms with E-state index in [9.17, 15) is 65.4 Å². The minimum absolute atomic E-state index is 0.629. The van der Waals surface area contributed by atoms with Crippen LogP contribution in [0.3, 0.4) is 0 Å². The molecule has 16 atom stereocenters. The van der Waals surface area contributed by atoms with Crippen molar-refractivity contribution < 1.29 is 93.9 Å². The van der Waals surface area contributed by atoms with Crippen molar-refractivity contribution in [3.05, 3.63) is 0 Å². The van der Waals surface area contributed by atoms with Crippen LogP contribution >= 0.6 is 0 Å². The van der Waals surface area contributed by atoms with Gasteiger partial charge < -0.3 is 90.1 Å². The summed E-state index contributed by atoms with van der Waals surface area (Å²) in [6.45, 7) is -0.576. The number of methoxy groups -OCH3 is 1. The second kappa shape index (κ2) is 16.5. The maximum atomic E-state index is 12.7. The van der Waals surface area contributed by atoms with Gasteiger partial charge in [0.25, 0.3) is 5.79 Å². The molecule has 0 aromatic rings. The number of hydrogen-bond donors (Lipinski definition) is 12. The predicted octanol–water partition coefficient (Wildman–Crippen LogP) is -7.43. The van der Waals surface area contributed by atoms with E-state index in [-0.39, 0.29) is 0 Å². The van der Waals surface area contributed by atoms with Gasteiger partial charge in [0, 0.05) is 27.4 Å². The second-order valence-corrected chi connectivity index (χ2v) is 11.4. The van der Waals surface area contributed by atoms with E-state index in [1.54, 1.807) is 0 Å². The first-order chi connectivity index (χ1) is 22.0. The van der Waals surface area contributed by atoms with Crippen molar-refractivity contribution in [2.24, 2.45) is 0 Å². The summed E-state index contributed by atoms with van der Waals surface area (Å²) in [5.41, 5.74) is 0. The first-order valence-corrected chi connectivity index (χ1v) is 14.6. The van der Waals surface area contributed by atoms with Gasteiger partial charge in [-0.05, 0) is 0 Å². The Morgan fingerprint density at radius 2 is 1.38 bits per heavy atom. The van der Waals surface area contributed by atoms with Gasteiger partial charge in [-0.1, -0.05) is 0 Å². The van der Waals surface area contributed by atoms with E-state index >= 15 is 0 Å². The molecule has 12 N–H and O–H groups in total. The number of aliphatic hydroxyl groups excluding tert-OH is 9. The number of carboxylic acids is 1. The number of aliphatic carboxylic acids is 1. The Balaban J connectivity index is 1.99. The topological polar surface area (TPSA) is 333 Å². The SMILES string of the molecule is CO[C@H]1O[C@H](CO)[C@H](O)[C@H](O[C@@H]2O[C@H](CO)[C@H](O)[C@H](O[C@]3(C(=O)O)C[C@H](O)[C@@H](NC(C)=O)[C@H]([C@H](O)[C@H](O)CO)O3)[C@H]2O)[C@H]1NC(C)=O. The van der Waals surface area contributed by atoms with Crippen molar-refractivity contribution in [3.63, 3.8) is 0 Å². The zero-order valence-electron chi connectivity index (χ0n) is 25.6. The summed E-state index contributed by atoms with van der Waals surface area (Å²) in [4.78, 5) is 36.4. The Morgan fingerprint density at radius 3 is 1.87 bits per heavy atom. The lowest BCUT2D eigenvalue weighted by atomic mass is 9.88. The van der Waals surface area contributed by atoms with Crippen molar-refractivity contribution >= 4 is 17.8 Å². The van der Waals surface area contributed by atoms with E-state index in [4.69, 9.17) is 28.4 Å². The van der Waals surface area contributed by atoms with Gasteiger partial charge in [-0.25, -0.2) is 4.79 Å². The number of rotatable bonds is 13. The van der Waals surface area contributed by atoms with Crippen molar-refractivity contribution in [1.29, 1.82) is 0 Å². The minimum atomic E-state index is -3.02. The standard InChI is InChI=1S/C26H44N2O19/c1-8(32)27-14-10(34)4-26(25(40)41,46-21(14)16(36)11(35)5-29)47-22-18(38)13(7-31)44-24(19(22)39)45-20-15(28-9(2)33)23(42-3)43-12(6-30)17(20)37/h10-24,29-31,34-39H,4-7H2,1-3H3,(H,27,32)(H,28,33)(H,40,41)/t10-,11+,12+,13+,14+,15+,16+,17-,18-,19+,20+,21+,22-,23-,24-,26-/m0/s1. The van der Waals surface area contributed by atoms with Gasteiger partial charge in [-0.15, -0.1) is 0 Å². The van der Waals surface area contributed by atoms with Gasteiger partial charge in [-0.3, -0.25) is 9.59 Å². The number of ether oxygens (including phenoxy) is 6. The number of carboxylic acid groups (broad SMARTS) is 1. The number of amides is 2. The molecule has 2 amide bonds. The first kappa shape index (κ1) is 39.3. The number of carbonyl (C=O) groups excluding carboxylic acids is 2. The van der Waals surface area contributed by atoms with Gasteiger partial charge >= 0.3 is 5.97 Å². The number of nitrogens with one attached hydrogen (secondary N) is 2. The first-order valence-electron chi connectivity index (χ1n) is 14.6. The number of carbonyl (C=O) groups is 3. The van der Waals surface area contributed by atoms with Crippen LogP contribution in [0.2, 0.25) is 0 Å². The highest BCUT2D eigenvalue weighted by Gasteiger charge is 2.60. The monoisotopic (exact) mass is 688 g/mol. The molecule has 0 aromatic heterocycles. The summed E-state index contributed by atoms with van der Waals surface area (Å²) in [6, 6.07) is -2.84. The molecule has 0 spiro atoms. The summed E-state index contributed by atoms with van der Waals surface area (Å²) < 4.78 is 33.2. The fourth-order valence-corrected chi connectivity index (χ4v) is 5.75. The Bertz CT molecular complexity index is 1070. The molecule has 3 rings (SSSR count). The highest BCUT2D eigenvalue weighted by Crippen LogP contribution is 2.38. The highest BCUT2D eigenvalue weighted by atomic mass is 16.8. The molecule has 21 nitrogen and oxygen atoms in total. The van der Waals surface area contributed by atoms with Gasteiger partial charge in [0.2, 0.25) is 11.8 Å². The summed E-state index contributed by atoms with van der Waals surface area (Å²) in [5.74, 6) is -6.36. The lowest BCUT2D eigenvalue weighted by molar-refractivity contribution is -0.381. The smallest absolute Gasteiger partial charge is 0.364 e. The van der Waals surface area contributed by atoms with Crippen molar-refractivity contribution in [3.8, 4) is 0 Å². The van der Waals surface area contributed by atoms with E-state index < -0.39 is 142 Å². The molecule has 3 aliphatic heterocycles. The molecule has 272 valence electrons. The van der Waals surface area contributed by atoms with Gasteiger partial charge in [0.05, 0.1) is 32.0 Å². The van der Waals surface area contributed by atoms with Gasteiger partial charge in [0.1, 0.15) is 67.1 Å². The van der Waals surface area contributed by atoms with Gasteiger partial charge in [0.15, 0.2) is 12.6 Å². The summed E-state index contributed by atoms with van der Waals surface area (Å²) in [5, 5.41) is 109. The van der Waals surface area contributed by atoms with Crippen molar-refractivity contribution in [1.82, 2.24) is 10.6 Å². The predicted molar refractivity (Wildman–Crippen MR) is 146 cm³/mol. The summed E-state index contributed by atoms with van der Waals surface area (Å²) >= 11 is 0. The molecule has 0 saturated carbocycles. The van der Waals surface area contributed by atoms with Crippen LogP contribution in [-0.4, -0.2) is 193 Å². The normalized spacial score (nSPS) is 42.3. The third kappa shape index (κ3) is 8.52.